The molecule has 0 atom stereocenters. The Morgan fingerprint density at radius 2 is 1.73 bits per heavy atom. The fraction of sp³-hybridized carbons (Fsp3) is 0.667. The summed E-state index contributed by atoms with van der Waals surface area (Å²) in [5.41, 5.74) is 0. The molecular formula is C9H14N2O4. The first kappa shape index (κ1) is 11.5. The second kappa shape index (κ2) is 5.33. The maximum atomic E-state index is 11.1. The van der Waals surface area contributed by atoms with Gasteiger partial charge in [-0.15, -0.1) is 0 Å². The van der Waals surface area contributed by atoms with Gasteiger partial charge in [-0.3, -0.25) is 14.4 Å². The molecule has 15 heavy (non-hydrogen) atoms. The van der Waals surface area contributed by atoms with Crippen molar-refractivity contribution in [2.45, 2.75) is 31.7 Å². The summed E-state index contributed by atoms with van der Waals surface area (Å²) in [6, 6.07) is 0.291. The van der Waals surface area contributed by atoms with Crippen LogP contribution in [-0.4, -0.2) is 35.5 Å². The van der Waals surface area contributed by atoms with Crippen molar-refractivity contribution in [1.82, 2.24) is 10.6 Å². The van der Waals surface area contributed by atoms with Crippen LogP contribution < -0.4 is 10.6 Å². The molecular weight excluding hydrogens is 200 g/mol. The SMILES string of the molecule is O=C(O)CNC(=O)CCC(=O)NC1CC1. The van der Waals surface area contributed by atoms with Gasteiger partial charge in [-0.1, -0.05) is 0 Å². The Bertz CT molecular complexity index is 273. The number of carbonyl (C=O) groups excluding carboxylic acids is 2. The smallest absolute Gasteiger partial charge is 0.322 e. The summed E-state index contributed by atoms with van der Waals surface area (Å²) in [6.07, 6.45) is 2.17. The number of amides is 2. The number of hydrogen-bond donors (Lipinski definition) is 3. The third-order valence-electron chi connectivity index (χ3n) is 1.96. The molecule has 0 aromatic rings. The summed E-state index contributed by atoms with van der Waals surface area (Å²) in [7, 11) is 0. The Morgan fingerprint density at radius 3 is 2.27 bits per heavy atom. The predicted molar refractivity (Wildman–Crippen MR) is 51.0 cm³/mol. The van der Waals surface area contributed by atoms with Crippen LogP contribution in [0.1, 0.15) is 25.7 Å². The minimum Gasteiger partial charge on any atom is -0.480 e. The lowest BCUT2D eigenvalue weighted by molar-refractivity contribution is -0.138. The van der Waals surface area contributed by atoms with Gasteiger partial charge in [0.05, 0.1) is 0 Å². The van der Waals surface area contributed by atoms with E-state index in [1.165, 1.54) is 0 Å². The molecule has 0 aromatic carbocycles. The van der Waals surface area contributed by atoms with E-state index in [0.717, 1.165) is 12.8 Å². The standard InChI is InChI=1S/C9H14N2O4/c12-7(10-5-9(14)15)3-4-8(13)11-6-1-2-6/h6H,1-5H2,(H,10,12)(H,11,13)(H,14,15). The normalized spacial score (nSPS) is 14.4. The van der Waals surface area contributed by atoms with E-state index in [2.05, 4.69) is 10.6 Å². The van der Waals surface area contributed by atoms with E-state index in [4.69, 9.17) is 5.11 Å². The van der Waals surface area contributed by atoms with Gasteiger partial charge >= 0.3 is 5.97 Å². The minimum absolute atomic E-state index is 0.0336. The molecule has 0 bridgehead atoms. The first-order valence-corrected chi connectivity index (χ1v) is 4.86. The Morgan fingerprint density at radius 1 is 1.13 bits per heavy atom. The lowest BCUT2D eigenvalue weighted by Crippen LogP contribution is -2.31. The van der Waals surface area contributed by atoms with E-state index in [1.807, 2.05) is 0 Å². The van der Waals surface area contributed by atoms with Crippen LogP contribution in [0, 0.1) is 0 Å². The molecule has 3 N–H and O–H groups in total. The van der Waals surface area contributed by atoms with Crippen LogP contribution in [0.5, 0.6) is 0 Å². The van der Waals surface area contributed by atoms with E-state index in [9.17, 15) is 14.4 Å². The lowest BCUT2D eigenvalue weighted by atomic mass is 10.3. The summed E-state index contributed by atoms with van der Waals surface area (Å²) < 4.78 is 0. The molecule has 6 nitrogen and oxygen atoms in total. The Hall–Kier alpha value is -1.59. The van der Waals surface area contributed by atoms with Crippen LogP contribution in [0.25, 0.3) is 0 Å². The van der Waals surface area contributed by atoms with Crippen molar-refractivity contribution in [3.63, 3.8) is 0 Å². The summed E-state index contributed by atoms with van der Waals surface area (Å²) in [5, 5.41) is 13.2. The number of carboxylic acids is 1. The van der Waals surface area contributed by atoms with E-state index < -0.39 is 18.4 Å². The third kappa shape index (κ3) is 5.66. The maximum Gasteiger partial charge on any atom is 0.322 e. The highest BCUT2D eigenvalue weighted by Crippen LogP contribution is 2.18. The van der Waals surface area contributed by atoms with Gasteiger partial charge in [0.25, 0.3) is 0 Å². The van der Waals surface area contributed by atoms with Crippen molar-refractivity contribution in [3.8, 4) is 0 Å². The van der Waals surface area contributed by atoms with Crippen molar-refractivity contribution in [2.24, 2.45) is 0 Å². The number of carboxylic acid groups (broad SMARTS) is 1. The van der Waals surface area contributed by atoms with Crippen molar-refractivity contribution in [3.05, 3.63) is 0 Å². The summed E-state index contributed by atoms with van der Waals surface area (Å²) >= 11 is 0. The van der Waals surface area contributed by atoms with Crippen molar-refractivity contribution < 1.29 is 19.5 Å². The average molecular weight is 214 g/mol. The number of carbonyl (C=O) groups is 3. The molecule has 1 saturated carbocycles. The van der Waals surface area contributed by atoms with Gasteiger partial charge < -0.3 is 15.7 Å². The molecule has 6 heteroatoms. The van der Waals surface area contributed by atoms with Crippen LogP contribution in [0.3, 0.4) is 0 Å². The molecule has 0 spiro atoms. The summed E-state index contributed by atoms with van der Waals surface area (Å²) in [5.74, 6) is -1.66. The van der Waals surface area contributed by atoms with Crippen LogP contribution in [0.4, 0.5) is 0 Å². The van der Waals surface area contributed by atoms with Gasteiger partial charge in [-0.2, -0.15) is 0 Å². The van der Waals surface area contributed by atoms with Gasteiger partial charge in [0.2, 0.25) is 11.8 Å². The Kier molecular flexibility index (Phi) is 4.08. The maximum absolute atomic E-state index is 11.1. The zero-order valence-electron chi connectivity index (χ0n) is 8.28. The van der Waals surface area contributed by atoms with Crippen molar-refractivity contribution >= 4 is 17.8 Å². The van der Waals surface area contributed by atoms with Gasteiger partial charge in [0.1, 0.15) is 6.54 Å². The monoisotopic (exact) mass is 214 g/mol. The van der Waals surface area contributed by atoms with Crippen molar-refractivity contribution in [2.75, 3.05) is 6.54 Å². The minimum atomic E-state index is -1.09. The zero-order chi connectivity index (χ0) is 11.3. The van der Waals surface area contributed by atoms with Crippen LogP contribution in [0.15, 0.2) is 0 Å². The Labute approximate surface area is 87.0 Å². The van der Waals surface area contributed by atoms with E-state index in [1.54, 1.807) is 0 Å². The number of aliphatic carboxylic acids is 1. The molecule has 0 heterocycles. The van der Waals surface area contributed by atoms with Gasteiger partial charge in [-0.05, 0) is 12.8 Å². The number of rotatable bonds is 6. The van der Waals surface area contributed by atoms with Crippen LogP contribution in [0.2, 0.25) is 0 Å². The molecule has 1 rings (SSSR count). The number of hydrogen-bond acceptors (Lipinski definition) is 3. The molecule has 0 radical (unpaired) electrons. The highest BCUT2D eigenvalue weighted by Gasteiger charge is 2.23. The fourth-order valence-corrected chi connectivity index (χ4v) is 1.02. The highest BCUT2D eigenvalue weighted by atomic mass is 16.4. The topological polar surface area (TPSA) is 95.5 Å². The summed E-state index contributed by atoms with van der Waals surface area (Å²) in [6.45, 7) is -0.400. The van der Waals surface area contributed by atoms with Gasteiger partial charge in [0, 0.05) is 18.9 Å². The van der Waals surface area contributed by atoms with Crippen molar-refractivity contribution in [1.29, 1.82) is 0 Å². The lowest BCUT2D eigenvalue weighted by Gasteiger charge is -2.03. The van der Waals surface area contributed by atoms with Gasteiger partial charge in [-0.25, -0.2) is 0 Å². The van der Waals surface area contributed by atoms with E-state index >= 15 is 0 Å². The fourth-order valence-electron chi connectivity index (χ4n) is 1.02. The molecule has 0 aromatic heterocycles. The second-order valence-corrected chi connectivity index (χ2v) is 3.51. The molecule has 1 fully saturated rings. The molecule has 0 saturated heterocycles. The molecule has 2 amide bonds. The van der Waals surface area contributed by atoms with E-state index in [0.29, 0.717) is 6.04 Å². The molecule has 84 valence electrons. The Balaban J connectivity index is 2.04. The van der Waals surface area contributed by atoms with Crippen LogP contribution in [-0.2, 0) is 14.4 Å². The molecule has 1 aliphatic rings. The second-order valence-electron chi connectivity index (χ2n) is 3.51. The van der Waals surface area contributed by atoms with Crippen LogP contribution >= 0.6 is 0 Å². The first-order valence-electron chi connectivity index (χ1n) is 4.86. The van der Waals surface area contributed by atoms with Gasteiger partial charge in [0.15, 0.2) is 0 Å². The predicted octanol–water partition coefficient (Wildman–Crippen LogP) is -0.754. The molecule has 0 unspecified atom stereocenters. The highest BCUT2D eigenvalue weighted by molar-refractivity contribution is 5.85. The number of nitrogens with one attached hydrogen (secondary N) is 2. The average Bonchev–Trinajstić information content (AvgIpc) is 2.95. The first-order chi connectivity index (χ1) is 7.08. The summed E-state index contributed by atoms with van der Waals surface area (Å²) in [4.78, 5) is 32.2. The van der Waals surface area contributed by atoms with E-state index in [-0.39, 0.29) is 18.7 Å². The quantitative estimate of drug-likeness (QED) is 0.542. The largest absolute Gasteiger partial charge is 0.480 e. The third-order valence-corrected chi connectivity index (χ3v) is 1.96. The molecule has 1 aliphatic carbocycles. The molecule has 0 aliphatic heterocycles. The zero-order valence-corrected chi connectivity index (χ0v) is 8.28.